The maximum Gasteiger partial charge on any atom is 0.0305 e. The summed E-state index contributed by atoms with van der Waals surface area (Å²) in [4.78, 5) is 2.56. The summed E-state index contributed by atoms with van der Waals surface area (Å²) in [5.41, 5.74) is 1.36. The first-order valence-electron chi connectivity index (χ1n) is 7.43. The van der Waals surface area contributed by atoms with E-state index in [0.717, 1.165) is 0 Å². The van der Waals surface area contributed by atoms with Gasteiger partial charge in [-0.2, -0.15) is 0 Å². The summed E-state index contributed by atoms with van der Waals surface area (Å²) in [5, 5.41) is 3.80. The summed E-state index contributed by atoms with van der Waals surface area (Å²) in [6, 6.07) is 9.58. The van der Waals surface area contributed by atoms with Crippen molar-refractivity contribution in [3.05, 3.63) is 34.3 Å². The van der Waals surface area contributed by atoms with Gasteiger partial charge in [0.25, 0.3) is 0 Å². The molecule has 1 saturated heterocycles. The number of benzene rings is 1. The average molecular weight is 325 g/mol. The fourth-order valence-electron chi connectivity index (χ4n) is 2.91. The lowest BCUT2D eigenvalue weighted by Gasteiger charge is -2.23. The van der Waals surface area contributed by atoms with Gasteiger partial charge in [0.1, 0.15) is 0 Å². The summed E-state index contributed by atoms with van der Waals surface area (Å²) >= 11 is 3.65. The average Bonchev–Trinajstić information content (AvgIpc) is 2.64. The Morgan fingerprint density at radius 2 is 2.11 bits per heavy atom. The van der Waals surface area contributed by atoms with Crippen LogP contribution in [0.15, 0.2) is 28.7 Å². The Balaban J connectivity index is 1.92. The van der Waals surface area contributed by atoms with E-state index in [1.807, 2.05) is 0 Å². The van der Waals surface area contributed by atoms with Gasteiger partial charge < -0.3 is 10.2 Å². The van der Waals surface area contributed by atoms with Crippen LogP contribution in [0.25, 0.3) is 0 Å². The zero-order valence-corrected chi connectivity index (χ0v) is 13.6. The van der Waals surface area contributed by atoms with Gasteiger partial charge >= 0.3 is 0 Å². The largest absolute Gasteiger partial charge is 0.307 e. The molecule has 0 amide bonds. The van der Waals surface area contributed by atoms with Crippen LogP contribution in [-0.4, -0.2) is 30.6 Å². The lowest BCUT2D eigenvalue weighted by Crippen LogP contribution is -2.33. The zero-order chi connectivity index (χ0) is 13.7. The quantitative estimate of drug-likeness (QED) is 0.901. The monoisotopic (exact) mass is 324 g/mol. The number of nitrogens with one attached hydrogen (secondary N) is 1. The number of nitrogens with zero attached hydrogens (tertiary/aromatic N) is 1. The van der Waals surface area contributed by atoms with Crippen LogP contribution in [0.2, 0.25) is 0 Å². The molecule has 0 saturated carbocycles. The maximum atomic E-state index is 3.80. The van der Waals surface area contributed by atoms with Gasteiger partial charge in [-0.25, -0.2) is 0 Å². The number of hydrogen-bond acceptors (Lipinski definition) is 2. The lowest BCUT2D eigenvalue weighted by molar-refractivity contribution is 0.295. The molecule has 0 bridgehead atoms. The number of hydrogen-bond donors (Lipinski definition) is 1. The number of halogens is 1. The molecule has 2 rings (SSSR count). The van der Waals surface area contributed by atoms with Crippen molar-refractivity contribution >= 4 is 15.9 Å². The highest BCUT2D eigenvalue weighted by molar-refractivity contribution is 9.10. The SMILES string of the molecule is CCN1CCCC(N[C@H](C)c2ccccc2Br)CC1. The standard InChI is InChI=1S/C16H25BrN2/c1-3-19-11-6-7-14(10-12-19)18-13(2)15-8-4-5-9-16(15)17/h4-5,8-9,13-14,18H,3,6-7,10-12H2,1-2H3/t13-,14?/m1/s1. The Bertz CT molecular complexity index is 394. The van der Waals surface area contributed by atoms with E-state index in [1.165, 1.54) is 48.9 Å². The summed E-state index contributed by atoms with van der Waals surface area (Å²) in [6.45, 7) is 8.21. The molecule has 0 spiro atoms. The highest BCUT2D eigenvalue weighted by atomic mass is 79.9. The lowest BCUT2D eigenvalue weighted by atomic mass is 10.0. The zero-order valence-electron chi connectivity index (χ0n) is 12.0. The normalized spacial score (nSPS) is 23.0. The molecule has 2 atom stereocenters. The van der Waals surface area contributed by atoms with Crippen LogP contribution in [-0.2, 0) is 0 Å². The molecule has 1 aromatic carbocycles. The molecule has 2 nitrogen and oxygen atoms in total. The maximum absolute atomic E-state index is 3.80. The van der Waals surface area contributed by atoms with E-state index in [-0.39, 0.29) is 0 Å². The Kier molecular flexibility index (Phi) is 5.86. The van der Waals surface area contributed by atoms with Gasteiger partial charge in [0.05, 0.1) is 0 Å². The molecule has 0 aromatic heterocycles. The van der Waals surface area contributed by atoms with Crippen LogP contribution >= 0.6 is 15.9 Å². The van der Waals surface area contributed by atoms with Crippen molar-refractivity contribution in [1.29, 1.82) is 0 Å². The minimum Gasteiger partial charge on any atom is -0.307 e. The first kappa shape index (κ1) is 15.0. The molecule has 1 N–H and O–H groups in total. The Hall–Kier alpha value is -0.380. The van der Waals surface area contributed by atoms with Crippen molar-refractivity contribution in [2.24, 2.45) is 0 Å². The number of rotatable bonds is 4. The molecule has 1 unspecified atom stereocenters. The molecule has 1 heterocycles. The van der Waals surface area contributed by atoms with Gasteiger partial charge in [0, 0.05) is 16.6 Å². The van der Waals surface area contributed by atoms with Gasteiger partial charge in [0.2, 0.25) is 0 Å². The molecule has 0 aliphatic carbocycles. The van der Waals surface area contributed by atoms with Crippen LogP contribution in [0.3, 0.4) is 0 Å². The first-order chi connectivity index (χ1) is 9.20. The second-order valence-corrected chi connectivity index (χ2v) is 6.33. The third-order valence-electron chi connectivity index (χ3n) is 4.13. The molecule has 3 heteroatoms. The van der Waals surface area contributed by atoms with E-state index in [4.69, 9.17) is 0 Å². The van der Waals surface area contributed by atoms with Crippen molar-refractivity contribution in [1.82, 2.24) is 10.2 Å². The fourth-order valence-corrected chi connectivity index (χ4v) is 3.54. The Morgan fingerprint density at radius 3 is 2.84 bits per heavy atom. The molecule has 106 valence electrons. The van der Waals surface area contributed by atoms with E-state index < -0.39 is 0 Å². The van der Waals surface area contributed by atoms with Gasteiger partial charge in [0.15, 0.2) is 0 Å². The van der Waals surface area contributed by atoms with E-state index >= 15 is 0 Å². The van der Waals surface area contributed by atoms with Crippen LogP contribution in [0, 0.1) is 0 Å². The molecule has 1 fully saturated rings. The van der Waals surface area contributed by atoms with Crippen molar-refractivity contribution in [2.45, 2.75) is 45.2 Å². The highest BCUT2D eigenvalue weighted by Crippen LogP contribution is 2.24. The minimum absolute atomic E-state index is 0.411. The topological polar surface area (TPSA) is 15.3 Å². The van der Waals surface area contributed by atoms with E-state index in [2.05, 4.69) is 64.3 Å². The molecule has 1 aliphatic rings. The summed E-state index contributed by atoms with van der Waals surface area (Å²) < 4.78 is 1.21. The Labute approximate surface area is 125 Å². The predicted molar refractivity (Wildman–Crippen MR) is 85.4 cm³/mol. The van der Waals surface area contributed by atoms with E-state index in [9.17, 15) is 0 Å². The van der Waals surface area contributed by atoms with Gasteiger partial charge in [-0.1, -0.05) is 41.1 Å². The Morgan fingerprint density at radius 1 is 1.32 bits per heavy atom. The number of likely N-dealkylation sites (tertiary alicyclic amines) is 1. The molecular formula is C16H25BrN2. The summed E-state index contributed by atoms with van der Waals surface area (Å²) in [6.07, 6.45) is 3.88. The van der Waals surface area contributed by atoms with Crippen molar-refractivity contribution in [3.63, 3.8) is 0 Å². The molecule has 19 heavy (non-hydrogen) atoms. The van der Waals surface area contributed by atoms with Crippen molar-refractivity contribution in [3.8, 4) is 0 Å². The summed E-state index contributed by atoms with van der Waals surface area (Å²) in [5.74, 6) is 0. The van der Waals surface area contributed by atoms with Gasteiger partial charge in [-0.05, 0) is 57.5 Å². The first-order valence-corrected chi connectivity index (χ1v) is 8.22. The van der Waals surface area contributed by atoms with Crippen LogP contribution in [0.4, 0.5) is 0 Å². The predicted octanol–water partition coefficient (Wildman–Crippen LogP) is 3.97. The highest BCUT2D eigenvalue weighted by Gasteiger charge is 2.18. The molecule has 1 aromatic rings. The summed E-state index contributed by atoms with van der Waals surface area (Å²) in [7, 11) is 0. The molecular weight excluding hydrogens is 300 g/mol. The van der Waals surface area contributed by atoms with E-state index in [0.29, 0.717) is 12.1 Å². The van der Waals surface area contributed by atoms with Crippen LogP contribution in [0.1, 0.15) is 44.7 Å². The molecule has 0 radical (unpaired) electrons. The van der Waals surface area contributed by atoms with Crippen molar-refractivity contribution < 1.29 is 0 Å². The van der Waals surface area contributed by atoms with Crippen LogP contribution in [0.5, 0.6) is 0 Å². The fraction of sp³-hybridized carbons (Fsp3) is 0.625. The second kappa shape index (κ2) is 7.41. The smallest absolute Gasteiger partial charge is 0.0305 e. The van der Waals surface area contributed by atoms with Crippen molar-refractivity contribution in [2.75, 3.05) is 19.6 Å². The second-order valence-electron chi connectivity index (χ2n) is 5.47. The van der Waals surface area contributed by atoms with Crippen LogP contribution < -0.4 is 5.32 Å². The van der Waals surface area contributed by atoms with Gasteiger partial charge in [-0.3, -0.25) is 0 Å². The van der Waals surface area contributed by atoms with E-state index in [1.54, 1.807) is 0 Å². The third kappa shape index (κ3) is 4.30. The minimum atomic E-state index is 0.411. The molecule has 1 aliphatic heterocycles. The van der Waals surface area contributed by atoms with Gasteiger partial charge in [-0.15, -0.1) is 0 Å². The third-order valence-corrected chi connectivity index (χ3v) is 4.85.